The highest BCUT2D eigenvalue weighted by atomic mass is 32.1. The van der Waals surface area contributed by atoms with Crippen molar-refractivity contribution in [2.75, 3.05) is 0 Å². The number of aromatic nitrogens is 1. The van der Waals surface area contributed by atoms with Gasteiger partial charge in [-0.15, -0.1) is 11.3 Å². The minimum Gasteiger partial charge on any atom is -0.308 e. The van der Waals surface area contributed by atoms with Gasteiger partial charge in [0.25, 0.3) is 0 Å². The van der Waals surface area contributed by atoms with Gasteiger partial charge in [-0.05, 0) is 32.3 Å². The Morgan fingerprint density at radius 2 is 2.17 bits per heavy atom. The van der Waals surface area contributed by atoms with E-state index in [0.29, 0.717) is 0 Å². The Balaban J connectivity index is 1.78. The third kappa shape index (κ3) is 2.62. The maximum absolute atomic E-state index is 4.73. The van der Waals surface area contributed by atoms with Gasteiger partial charge in [0.2, 0.25) is 0 Å². The fraction of sp³-hybridized carbons (Fsp3) is 0.400. The van der Waals surface area contributed by atoms with Crippen LogP contribution in [0.5, 0.6) is 0 Å². The topological polar surface area (TPSA) is 24.9 Å². The predicted molar refractivity (Wildman–Crippen MR) is 76.9 cm³/mol. The summed E-state index contributed by atoms with van der Waals surface area (Å²) in [7, 11) is 0. The molecule has 2 nitrogen and oxygen atoms in total. The molecule has 1 saturated carbocycles. The number of aryl methyl sites for hydroxylation is 2. The van der Waals surface area contributed by atoms with Crippen LogP contribution in [-0.4, -0.2) is 11.0 Å². The van der Waals surface area contributed by atoms with E-state index >= 15 is 0 Å². The molecule has 3 heteroatoms. The Morgan fingerprint density at radius 1 is 1.33 bits per heavy atom. The van der Waals surface area contributed by atoms with Gasteiger partial charge in [0.1, 0.15) is 5.01 Å². The van der Waals surface area contributed by atoms with Crippen LogP contribution in [0.2, 0.25) is 0 Å². The maximum Gasteiger partial charge on any atom is 0.107 e. The SMILES string of the molecule is Cc1ccc(-c2csc(CNC3CC3)n2)c(C)c1. The Hall–Kier alpha value is -1.19. The smallest absolute Gasteiger partial charge is 0.107 e. The molecule has 1 fully saturated rings. The Morgan fingerprint density at radius 3 is 2.89 bits per heavy atom. The molecule has 1 aliphatic rings. The summed E-state index contributed by atoms with van der Waals surface area (Å²) in [5, 5.41) is 6.87. The van der Waals surface area contributed by atoms with E-state index in [1.54, 1.807) is 11.3 Å². The first kappa shape index (κ1) is 11.9. The van der Waals surface area contributed by atoms with Crippen LogP contribution >= 0.6 is 11.3 Å². The van der Waals surface area contributed by atoms with Crippen LogP contribution < -0.4 is 5.32 Å². The van der Waals surface area contributed by atoms with Crippen molar-refractivity contribution in [3.8, 4) is 11.3 Å². The molecule has 0 spiro atoms. The minimum absolute atomic E-state index is 0.749. The van der Waals surface area contributed by atoms with Gasteiger partial charge in [-0.25, -0.2) is 4.98 Å². The Kier molecular flexibility index (Phi) is 3.18. The average molecular weight is 258 g/mol. The number of benzene rings is 1. The second kappa shape index (κ2) is 4.82. The molecule has 1 heterocycles. The maximum atomic E-state index is 4.73. The van der Waals surface area contributed by atoms with Crippen molar-refractivity contribution in [2.45, 2.75) is 39.3 Å². The van der Waals surface area contributed by atoms with Gasteiger partial charge in [-0.2, -0.15) is 0 Å². The molecule has 0 atom stereocenters. The van der Waals surface area contributed by atoms with E-state index in [-0.39, 0.29) is 0 Å². The molecular weight excluding hydrogens is 240 g/mol. The zero-order valence-corrected chi connectivity index (χ0v) is 11.7. The van der Waals surface area contributed by atoms with E-state index in [1.165, 1.54) is 34.5 Å². The molecule has 1 N–H and O–H groups in total. The zero-order chi connectivity index (χ0) is 12.5. The standard InChI is InChI=1S/C15H18N2S/c1-10-3-6-13(11(2)7-10)14-9-18-15(17-14)8-16-12-4-5-12/h3,6-7,9,12,16H,4-5,8H2,1-2H3. The third-order valence-electron chi connectivity index (χ3n) is 3.33. The van der Waals surface area contributed by atoms with Crippen LogP contribution in [0.4, 0.5) is 0 Å². The van der Waals surface area contributed by atoms with Gasteiger partial charge in [0.05, 0.1) is 5.69 Å². The first-order chi connectivity index (χ1) is 8.72. The van der Waals surface area contributed by atoms with E-state index in [2.05, 4.69) is 42.7 Å². The second-order valence-electron chi connectivity index (χ2n) is 5.10. The van der Waals surface area contributed by atoms with Gasteiger partial charge in [-0.3, -0.25) is 0 Å². The van der Waals surface area contributed by atoms with Crippen molar-refractivity contribution >= 4 is 11.3 Å². The summed E-state index contributed by atoms with van der Waals surface area (Å²) in [5.41, 5.74) is 4.99. The predicted octanol–water partition coefficient (Wildman–Crippen LogP) is 3.68. The van der Waals surface area contributed by atoms with Crippen molar-refractivity contribution in [1.82, 2.24) is 10.3 Å². The molecule has 3 rings (SSSR count). The number of hydrogen-bond acceptors (Lipinski definition) is 3. The lowest BCUT2D eigenvalue weighted by Gasteiger charge is -2.03. The van der Waals surface area contributed by atoms with E-state index in [9.17, 15) is 0 Å². The average Bonchev–Trinajstić information content (AvgIpc) is 3.05. The molecule has 1 aromatic carbocycles. The minimum atomic E-state index is 0.749. The lowest BCUT2D eigenvalue weighted by molar-refractivity contribution is 0.685. The highest BCUT2D eigenvalue weighted by molar-refractivity contribution is 7.09. The van der Waals surface area contributed by atoms with Crippen molar-refractivity contribution in [3.05, 3.63) is 39.7 Å². The molecular formula is C15H18N2S. The van der Waals surface area contributed by atoms with Crippen LogP contribution in [0.1, 0.15) is 29.0 Å². The fourth-order valence-electron chi connectivity index (χ4n) is 2.14. The van der Waals surface area contributed by atoms with E-state index in [1.807, 2.05) is 0 Å². The molecule has 0 saturated heterocycles. The van der Waals surface area contributed by atoms with Crippen LogP contribution in [0.15, 0.2) is 23.6 Å². The summed E-state index contributed by atoms with van der Waals surface area (Å²) >= 11 is 1.75. The molecule has 0 bridgehead atoms. The highest BCUT2D eigenvalue weighted by Gasteiger charge is 2.20. The molecule has 1 aliphatic carbocycles. The van der Waals surface area contributed by atoms with Gasteiger partial charge in [0, 0.05) is 23.5 Å². The molecule has 1 aromatic heterocycles. The lowest BCUT2D eigenvalue weighted by atomic mass is 10.0. The second-order valence-corrected chi connectivity index (χ2v) is 6.04. The summed E-state index contributed by atoms with van der Waals surface area (Å²) in [6.07, 6.45) is 2.66. The first-order valence-corrected chi connectivity index (χ1v) is 7.36. The molecule has 2 aromatic rings. The quantitative estimate of drug-likeness (QED) is 0.905. The van der Waals surface area contributed by atoms with Crippen LogP contribution in [0.3, 0.4) is 0 Å². The van der Waals surface area contributed by atoms with Crippen molar-refractivity contribution < 1.29 is 0 Å². The van der Waals surface area contributed by atoms with Crippen LogP contribution in [0.25, 0.3) is 11.3 Å². The number of rotatable bonds is 4. The number of hydrogen-bond donors (Lipinski definition) is 1. The van der Waals surface area contributed by atoms with E-state index in [4.69, 9.17) is 4.98 Å². The first-order valence-electron chi connectivity index (χ1n) is 6.48. The summed E-state index contributed by atoms with van der Waals surface area (Å²) in [6.45, 7) is 5.20. The van der Waals surface area contributed by atoms with E-state index in [0.717, 1.165) is 18.3 Å². The van der Waals surface area contributed by atoms with Crippen molar-refractivity contribution in [2.24, 2.45) is 0 Å². The van der Waals surface area contributed by atoms with Gasteiger partial charge in [-0.1, -0.05) is 23.8 Å². The summed E-state index contributed by atoms with van der Waals surface area (Å²) in [5.74, 6) is 0. The van der Waals surface area contributed by atoms with Gasteiger partial charge >= 0.3 is 0 Å². The van der Waals surface area contributed by atoms with Gasteiger partial charge < -0.3 is 5.32 Å². The number of nitrogens with one attached hydrogen (secondary N) is 1. The van der Waals surface area contributed by atoms with Crippen LogP contribution in [0, 0.1) is 13.8 Å². The zero-order valence-electron chi connectivity index (χ0n) is 10.9. The van der Waals surface area contributed by atoms with Gasteiger partial charge in [0.15, 0.2) is 0 Å². The van der Waals surface area contributed by atoms with Crippen molar-refractivity contribution in [3.63, 3.8) is 0 Å². The normalized spacial score (nSPS) is 15.0. The summed E-state index contributed by atoms with van der Waals surface area (Å²) in [6, 6.07) is 7.30. The van der Waals surface area contributed by atoms with Crippen LogP contribution in [-0.2, 0) is 6.54 Å². The number of thiazole rings is 1. The van der Waals surface area contributed by atoms with E-state index < -0.39 is 0 Å². The number of nitrogens with zero attached hydrogens (tertiary/aromatic N) is 1. The fourth-order valence-corrected chi connectivity index (χ4v) is 2.88. The highest BCUT2D eigenvalue weighted by Crippen LogP contribution is 2.26. The molecule has 18 heavy (non-hydrogen) atoms. The van der Waals surface area contributed by atoms with Crippen molar-refractivity contribution in [1.29, 1.82) is 0 Å². The monoisotopic (exact) mass is 258 g/mol. The Labute approximate surface area is 112 Å². The molecule has 94 valence electrons. The summed E-state index contributed by atoms with van der Waals surface area (Å²) in [4.78, 5) is 4.73. The summed E-state index contributed by atoms with van der Waals surface area (Å²) < 4.78 is 0. The molecule has 0 radical (unpaired) electrons. The molecule has 0 amide bonds. The molecule has 0 aliphatic heterocycles. The largest absolute Gasteiger partial charge is 0.308 e. The third-order valence-corrected chi connectivity index (χ3v) is 4.18. The Bertz CT molecular complexity index is 555. The molecule has 0 unspecified atom stereocenters. The lowest BCUT2D eigenvalue weighted by Crippen LogP contribution is -2.14.